The lowest BCUT2D eigenvalue weighted by molar-refractivity contribution is -0.148. The number of hydrogen-bond acceptors (Lipinski definition) is 4. The maximum absolute atomic E-state index is 10.8. The molecule has 0 saturated heterocycles. The maximum atomic E-state index is 10.8. The second-order valence-corrected chi connectivity index (χ2v) is 7.84. The van der Waals surface area contributed by atoms with Gasteiger partial charge in [0.25, 0.3) is 0 Å². The highest BCUT2D eigenvalue weighted by Gasteiger charge is 2.31. The molecule has 0 spiro atoms. The molecule has 0 aliphatic heterocycles. The van der Waals surface area contributed by atoms with Crippen LogP contribution in [-0.4, -0.2) is 36.2 Å². The number of nitrogens with two attached hydrogens (primary N) is 1. The molecule has 0 rings (SSSR count). The van der Waals surface area contributed by atoms with Gasteiger partial charge in [0, 0.05) is 5.92 Å². The number of ether oxygens (including phenoxy) is 2. The van der Waals surface area contributed by atoms with E-state index < -0.39 is 0 Å². The predicted molar refractivity (Wildman–Crippen MR) is 87.4 cm³/mol. The third kappa shape index (κ3) is 9.99. The van der Waals surface area contributed by atoms with E-state index in [1.54, 1.807) is 0 Å². The van der Waals surface area contributed by atoms with Crippen molar-refractivity contribution >= 4 is 6.29 Å². The lowest BCUT2D eigenvalue weighted by atomic mass is 9.93. The SMILES string of the molecule is CC(C=O)CC(C)(C)OC(C)(C)CCOC(C)(C)CCN. The van der Waals surface area contributed by atoms with Gasteiger partial charge in [0.05, 0.1) is 23.4 Å². The van der Waals surface area contributed by atoms with Gasteiger partial charge >= 0.3 is 0 Å². The standard InChI is InChI=1S/C17H35NO3/c1-14(13-19)12-17(6,7)21-16(4,5)9-11-20-15(2,3)8-10-18/h13-14H,8-12,18H2,1-7H3. The van der Waals surface area contributed by atoms with Crippen molar-refractivity contribution in [3.63, 3.8) is 0 Å². The average Bonchev–Trinajstić information content (AvgIpc) is 2.25. The minimum atomic E-state index is -0.323. The fraction of sp³-hybridized carbons (Fsp3) is 0.941. The summed E-state index contributed by atoms with van der Waals surface area (Å²) in [5, 5.41) is 0. The first-order chi connectivity index (χ1) is 9.43. The van der Waals surface area contributed by atoms with E-state index in [2.05, 4.69) is 27.7 Å². The Bertz CT molecular complexity index is 311. The quantitative estimate of drug-likeness (QED) is 0.595. The van der Waals surface area contributed by atoms with Crippen molar-refractivity contribution < 1.29 is 14.3 Å². The Morgan fingerprint density at radius 2 is 1.57 bits per heavy atom. The predicted octanol–water partition coefficient (Wildman–Crippen LogP) is 3.32. The molecule has 4 nitrogen and oxygen atoms in total. The monoisotopic (exact) mass is 301 g/mol. The van der Waals surface area contributed by atoms with Crippen LogP contribution in [-0.2, 0) is 14.3 Å². The Balaban J connectivity index is 4.33. The van der Waals surface area contributed by atoms with Crippen molar-refractivity contribution in [1.29, 1.82) is 0 Å². The number of hydrogen-bond donors (Lipinski definition) is 1. The number of aldehydes is 1. The zero-order valence-electron chi connectivity index (χ0n) is 15.0. The van der Waals surface area contributed by atoms with Crippen LogP contribution in [0, 0.1) is 5.92 Å². The van der Waals surface area contributed by atoms with Crippen LogP contribution < -0.4 is 5.73 Å². The third-order valence-corrected chi connectivity index (χ3v) is 3.54. The summed E-state index contributed by atoms with van der Waals surface area (Å²) >= 11 is 0. The topological polar surface area (TPSA) is 61.5 Å². The average molecular weight is 301 g/mol. The summed E-state index contributed by atoms with van der Waals surface area (Å²) in [7, 11) is 0. The molecule has 0 radical (unpaired) electrons. The van der Waals surface area contributed by atoms with Crippen LogP contribution in [0.1, 0.15) is 67.7 Å². The number of rotatable bonds is 11. The summed E-state index contributed by atoms with van der Waals surface area (Å²) in [5.74, 6) is 0.00976. The lowest BCUT2D eigenvalue weighted by Gasteiger charge is -2.37. The van der Waals surface area contributed by atoms with Gasteiger partial charge in [-0.15, -0.1) is 0 Å². The van der Waals surface area contributed by atoms with Gasteiger partial charge in [-0.3, -0.25) is 0 Å². The molecule has 126 valence electrons. The molecular weight excluding hydrogens is 266 g/mol. The number of carbonyl (C=O) groups is 1. The van der Waals surface area contributed by atoms with Crippen LogP contribution >= 0.6 is 0 Å². The fourth-order valence-corrected chi connectivity index (χ4v) is 2.66. The highest BCUT2D eigenvalue weighted by molar-refractivity contribution is 5.52. The first kappa shape index (κ1) is 20.6. The Morgan fingerprint density at radius 1 is 1.00 bits per heavy atom. The zero-order chi connectivity index (χ0) is 16.7. The van der Waals surface area contributed by atoms with Gasteiger partial charge in [-0.1, -0.05) is 6.92 Å². The van der Waals surface area contributed by atoms with Crippen molar-refractivity contribution in [2.75, 3.05) is 13.2 Å². The molecule has 0 fully saturated rings. The number of carbonyl (C=O) groups excluding carboxylic acids is 1. The van der Waals surface area contributed by atoms with E-state index in [0.29, 0.717) is 13.2 Å². The summed E-state index contributed by atoms with van der Waals surface area (Å²) < 4.78 is 12.1. The van der Waals surface area contributed by atoms with Gasteiger partial charge in [-0.2, -0.15) is 0 Å². The Labute approximate surface area is 130 Å². The minimum absolute atomic E-state index is 0.00976. The van der Waals surface area contributed by atoms with E-state index in [-0.39, 0.29) is 22.7 Å². The second kappa shape index (κ2) is 8.25. The van der Waals surface area contributed by atoms with E-state index in [0.717, 1.165) is 25.5 Å². The summed E-state index contributed by atoms with van der Waals surface area (Å²) in [5.41, 5.74) is 4.78. The molecule has 2 N–H and O–H groups in total. The zero-order valence-corrected chi connectivity index (χ0v) is 15.0. The molecule has 21 heavy (non-hydrogen) atoms. The van der Waals surface area contributed by atoms with Crippen molar-refractivity contribution in [3.8, 4) is 0 Å². The molecule has 4 heteroatoms. The van der Waals surface area contributed by atoms with Crippen molar-refractivity contribution in [1.82, 2.24) is 0 Å². The van der Waals surface area contributed by atoms with Crippen LogP contribution in [0.15, 0.2) is 0 Å². The van der Waals surface area contributed by atoms with E-state index in [4.69, 9.17) is 15.2 Å². The second-order valence-electron chi connectivity index (χ2n) is 7.84. The van der Waals surface area contributed by atoms with Gasteiger partial charge in [0.2, 0.25) is 0 Å². The molecule has 0 aliphatic rings. The molecule has 0 amide bonds. The molecule has 0 aromatic heterocycles. The summed E-state index contributed by atoms with van der Waals surface area (Å²) in [6, 6.07) is 0. The van der Waals surface area contributed by atoms with Crippen LogP contribution in [0.5, 0.6) is 0 Å². The van der Waals surface area contributed by atoms with Crippen LogP contribution in [0.3, 0.4) is 0 Å². The molecule has 0 aromatic rings. The first-order valence-corrected chi connectivity index (χ1v) is 7.92. The Hall–Kier alpha value is -0.450. The largest absolute Gasteiger partial charge is 0.375 e. The highest BCUT2D eigenvalue weighted by Crippen LogP contribution is 2.28. The Kier molecular flexibility index (Phi) is 8.08. The molecule has 0 aliphatic carbocycles. The molecule has 0 aromatic carbocycles. The minimum Gasteiger partial charge on any atom is -0.375 e. The third-order valence-electron chi connectivity index (χ3n) is 3.54. The maximum Gasteiger partial charge on any atom is 0.122 e. The van der Waals surface area contributed by atoms with Gasteiger partial charge < -0.3 is 20.0 Å². The van der Waals surface area contributed by atoms with Crippen LogP contribution in [0.4, 0.5) is 0 Å². The molecule has 0 bridgehead atoms. The normalized spacial score (nSPS) is 15.0. The van der Waals surface area contributed by atoms with E-state index in [1.807, 2.05) is 20.8 Å². The Morgan fingerprint density at radius 3 is 2.05 bits per heavy atom. The van der Waals surface area contributed by atoms with Crippen LogP contribution in [0.25, 0.3) is 0 Å². The van der Waals surface area contributed by atoms with Crippen molar-refractivity contribution in [3.05, 3.63) is 0 Å². The van der Waals surface area contributed by atoms with Gasteiger partial charge in [-0.25, -0.2) is 0 Å². The van der Waals surface area contributed by atoms with Gasteiger partial charge in [-0.05, 0) is 67.3 Å². The highest BCUT2D eigenvalue weighted by atomic mass is 16.5. The molecule has 1 atom stereocenters. The summed E-state index contributed by atoms with van der Waals surface area (Å²) in [6.45, 7) is 15.5. The molecule has 0 heterocycles. The summed E-state index contributed by atoms with van der Waals surface area (Å²) in [6.07, 6.45) is 3.35. The van der Waals surface area contributed by atoms with Gasteiger partial charge in [0.1, 0.15) is 6.29 Å². The van der Waals surface area contributed by atoms with Crippen molar-refractivity contribution in [2.45, 2.75) is 84.5 Å². The molecular formula is C17H35NO3. The fourth-order valence-electron chi connectivity index (χ4n) is 2.66. The van der Waals surface area contributed by atoms with E-state index in [9.17, 15) is 4.79 Å². The lowest BCUT2D eigenvalue weighted by Crippen LogP contribution is -2.40. The van der Waals surface area contributed by atoms with Gasteiger partial charge in [0.15, 0.2) is 0 Å². The van der Waals surface area contributed by atoms with E-state index in [1.165, 1.54) is 0 Å². The summed E-state index contributed by atoms with van der Waals surface area (Å²) in [4.78, 5) is 10.8. The van der Waals surface area contributed by atoms with E-state index >= 15 is 0 Å². The van der Waals surface area contributed by atoms with Crippen molar-refractivity contribution in [2.24, 2.45) is 11.7 Å². The van der Waals surface area contributed by atoms with Crippen LogP contribution in [0.2, 0.25) is 0 Å². The molecule has 0 saturated carbocycles. The first-order valence-electron chi connectivity index (χ1n) is 7.92. The molecule has 1 unspecified atom stereocenters. The smallest absolute Gasteiger partial charge is 0.122 e.